The van der Waals surface area contributed by atoms with Gasteiger partial charge in [-0.2, -0.15) is 0 Å². The fraction of sp³-hybridized carbons (Fsp3) is 0.212. The molecule has 230 valence electrons. The number of nitrogens with zero attached hydrogens (tertiary/aromatic N) is 2. The Kier molecular flexibility index (Phi) is 11.4. The zero-order valence-electron chi connectivity index (χ0n) is 24.0. The van der Waals surface area contributed by atoms with Gasteiger partial charge in [0.1, 0.15) is 18.4 Å². The Morgan fingerprint density at radius 2 is 1.50 bits per heavy atom. The lowest BCUT2D eigenvalue weighted by molar-refractivity contribution is -0.140. The monoisotopic (exact) mass is 655 g/mol. The van der Waals surface area contributed by atoms with E-state index in [-0.39, 0.29) is 33.6 Å². The molecule has 0 saturated heterocycles. The summed E-state index contributed by atoms with van der Waals surface area (Å²) in [5.41, 5.74) is 1.41. The van der Waals surface area contributed by atoms with E-state index in [4.69, 9.17) is 23.2 Å². The number of hydrogen-bond acceptors (Lipinski definition) is 4. The summed E-state index contributed by atoms with van der Waals surface area (Å²) in [6.07, 6.45) is 0.838. The van der Waals surface area contributed by atoms with Crippen molar-refractivity contribution in [2.75, 3.05) is 17.4 Å². The van der Waals surface area contributed by atoms with Gasteiger partial charge < -0.3 is 10.2 Å². The lowest BCUT2D eigenvalue weighted by Crippen LogP contribution is -2.53. The van der Waals surface area contributed by atoms with E-state index >= 15 is 0 Å². The molecule has 0 saturated carbocycles. The van der Waals surface area contributed by atoms with E-state index in [9.17, 15) is 22.4 Å². The van der Waals surface area contributed by atoms with Gasteiger partial charge in [0.2, 0.25) is 11.8 Å². The van der Waals surface area contributed by atoms with Crippen LogP contribution in [0, 0.1) is 5.82 Å². The van der Waals surface area contributed by atoms with Crippen LogP contribution in [-0.2, 0) is 32.6 Å². The smallest absolute Gasteiger partial charge is 0.264 e. The molecule has 0 bridgehead atoms. The van der Waals surface area contributed by atoms with Crippen LogP contribution in [0.15, 0.2) is 108 Å². The Morgan fingerprint density at radius 3 is 2.11 bits per heavy atom. The summed E-state index contributed by atoms with van der Waals surface area (Å²) >= 11 is 12.6. The molecule has 0 aromatic heterocycles. The highest BCUT2D eigenvalue weighted by Gasteiger charge is 2.35. The number of nitrogens with one attached hydrogen (secondary N) is 1. The largest absolute Gasteiger partial charge is 0.354 e. The molecule has 1 N–H and O–H groups in total. The number of carbonyl (C=O) groups is 2. The first-order valence-electron chi connectivity index (χ1n) is 14.0. The van der Waals surface area contributed by atoms with Crippen LogP contribution in [-0.4, -0.2) is 44.3 Å². The van der Waals surface area contributed by atoms with E-state index in [0.29, 0.717) is 18.5 Å². The average Bonchev–Trinajstić information content (AvgIpc) is 3.02. The quantitative estimate of drug-likeness (QED) is 0.178. The van der Waals surface area contributed by atoms with Crippen molar-refractivity contribution in [2.45, 2.75) is 37.2 Å². The molecule has 0 heterocycles. The fourth-order valence-corrected chi connectivity index (χ4v) is 6.64. The van der Waals surface area contributed by atoms with Gasteiger partial charge in [-0.3, -0.25) is 13.9 Å². The number of sulfonamides is 1. The normalized spacial score (nSPS) is 11.9. The van der Waals surface area contributed by atoms with Crippen LogP contribution < -0.4 is 9.62 Å². The van der Waals surface area contributed by atoms with Gasteiger partial charge in [0.05, 0.1) is 15.6 Å². The van der Waals surface area contributed by atoms with Crippen molar-refractivity contribution >= 4 is 50.7 Å². The molecule has 1 unspecified atom stereocenters. The molecule has 4 aromatic carbocycles. The van der Waals surface area contributed by atoms with Gasteiger partial charge in [0.15, 0.2) is 0 Å². The molecule has 0 aliphatic rings. The summed E-state index contributed by atoms with van der Waals surface area (Å²) in [5.74, 6) is -1.51. The van der Waals surface area contributed by atoms with E-state index in [0.717, 1.165) is 9.87 Å². The van der Waals surface area contributed by atoms with Crippen molar-refractivity contribution in [3.05, 3.63) is 130 Å². The van der Waals surface area contributed by atoms with Gasteiger partial charge in [-0.25, -0.2) is 12.8 Å². The van der Waals surface area contributed by atoms with E-state index in [1.165, 1.54) is 59.5 Å². The van der Waals surface area contributed by atoms with Crippen molar-refractivity contribution in [1.29, 1.82) is 0 Å². The van der Waals surface area contributed by atoms with Crippen molar-refractivity contribution in [2.24, 2.45) is 0 Å². The van der Waals surface area contributed by atoms with Gasteiger partial charge in [0, 0.05) is 24.5 Å². The molecule has 0 aliphatic heterocycles. The number of benzene rings is 4. The molecule has 1 atom stereocenters. The minimum Gasteiger partial charge on any atom is -0.354 e. The molecule has 0 radical (unpaired) electrons. The van der Waals surface area contributed by atoms with Crippen molar-refractivity contribution in [1.82, 2.24) is 10.2 Å². The minimum absolute atomic E-state index is 0.0245. The van der Waals surface area contributed by atoms with Gasteiger partial charge in [0.25, 0.3) is 10.0 Å². The molecular formula is C33H32Cl2FN3O4S. The SMILES string of the molecule is CCCNC(=O)C(Cc1ccccc1)N(Cc1ccc(F)cc1)C(=O)CN(c1ccc(Cl)cc1Cl)S(=O)(=O)c1ccccc1. The number of carbonyl (C=O) groups excluding carboxylic acids is 2. The summed E-state index contributed by atoms with van der Waals surface area (Å²) in [5, 5.41) is 3.19. The molecule has 4 rings (SSSR count). The number of amides is 2. The number of halogens is 3. The highest BCUT2D eigenvalue weighted by molar-refractivity contribution is 7.92. The van der Waals surface area contributed by atoms with Gasteiger partial charge in [-0.1, -0.05) is 90.8 Å². The summed E-state index contributed by atoms with van der Waals surface area (Å²) < 4.78 is 42.7. The molecule has 7 nitrogen and oxygen atoms in total. The van der Waals surface area contributed by atoms with Crippen LogP contribution in [0.1, 0.15) is 24.5 Å². The van der Waals surface area contributed by atoms with E-state index in [2.05, 4.69) is 5.32 Å². The topological polar surface area (TPSA) is 86.8 Å². The van der Waals surface area contributed by atoms with Gasteiger partial charge in [-0.05, 0) is 60.0 Å². The number of hydrogen-bond donors (Lipinski definition) is 1. The second-order valence-corrected chi connectivity index (χ2v) is 12.8. The minimum atomic E-state index is -4.31. The maximum Gasteiger partial charge on any atom is 0.264 e. The summed E-state index contributed by atoms with van der Waals surface area (Å²) in [6.45, 7) is 1.55. The molecular weight excluding hydrogens is 624 g/mol. The summed E-state index contributed by atoms with van der Waals surface area (Å²) in [6, 6.07) is 25.7. The van der Waals surface area contributed by atoms with Gasteiger partial charge >= 0.3 is 0 Å². The summed E-state index contributed by atoms with van der Waals surface area (Å²) in [4.78, 5) is 29.3. The predicted octanol–water partition coefficient (Wildman–Crippen LogP) is 6.49. The summed E-state index contributed by atoms with van der Waals surface area (Å²) in [7, 11) is -4.31. The van der Waals surface area contributed by atoms with Crippen LogP contribution in [0.4, 0.5) is 10.1 Å². The van der Waals surface area contributed by atoms with Crippen molar-refractivity contribution in [3.63, 3.8) is 0 Å². The Balaban J connectivity index is 1.81. The van der Waals surface area contributed by atoms with Crippen LogP contribution in [0.5, 0.6) is 0 Å². The van der Waals surface area contributed by atoms with Gasteiger partial charge in [-0.15, -0.1) is 0 Å². The lowest BCUT2D eigenvalue weighted by Gasteiger charge is -2.34. The highest BCUT2D eigenvalue weighted by atomic mass is 35.5. The third kappa shape index (κ3) is 8.37. The molecule has 0 aliphatic carbocycles. The highest BCUT2D eigenvalue weighted by Crippen LogP contribution is 2.33. The average molecular weight is 657 g/mol. The lowest BCUT2D eigenvalue weighted by atomic mass is 10.0. The second kappa shape index (κ2) is 15.2. The third-order valence-electron chi connectivity index (χ3n) is 6.87. The van der Waals surface area contributed by atoms with Crippen molar-refractivity contribution < 1.29 is 22.4 Å². The fourth-order valence-electron chi connectivity index (χ4n) is 4.62. The molecule has 2 amide bonds. The number of anilines is 1. The van der Waals surface area contributed by atoms with Crippen LogP contribution in [0.25, 0.3) is 0 Å². The van der Waals surface area contributed by atoms with E-state index in [1.807, 2.05) is 37.3 Å². The first-order valence-corrected chi connectivity index (χ1v) is 16.2. The molecule has 11 heteroatoms. The maximum absolute atomic E-state index is 14.4. The maximum atomic E-state index is 14.4. The zero-order chi connectivity index (χ0) is 31.7. The molecule has 4 aromatic rings. The predicted molar refractivity (Wildman–Crippen MR) is 172 cm³/mol. The standard InChI is InChI=1S/C33H32Cl2FN3O4S/c1-2-19-37-33(41)31(20-24-9-5-3-6-10-24)38(22-25-13-16-27(36)17-14-25)32(40)23-39(30-18-15-26(34)21-29(30)35)44(42,43)28-11-7-4-8-12-28/h3-18,21,31H,2,19-20,22-23H2,1H3,(H,37,41). The zero-order valence-corrected chi connectivity index (χ0v) is 26.3. The number of rotatable bonds is 13. The van der Waals surface area contributed by atoms with E-state index in [1.54, 1.807) is 18.2 Å². The van der Waals surface area contributed by atoms with Crippen LogP contribution in [0.3, 0.4) is 0 Å². The second-order valence-electron chi connectivity index (χ2n) is 10.1. The van der Waals surface area contributed by atoms with Crippen LogP contribution >= 0.6 is 23.2 Å². The Bertz CT molecular complexity index is 1670. The molecule has 0 spiro atoms. The third-order valence-corrected chi connectivity index (χ3v) is 9.19. The van der Waals surface area contributed by atoms with Crippen molar-refractivity contribution in [3.8, 4) is 0 Å². The van der Waals surface area contributed by atoms with Crippen LogP contribution in [0.2, 0.25) is 10.0 Å². The molecule has 0 fully saturated rings. The Hall–Kier alpha value is -3.92. The first kappa shape index (κ1) is 33.0. The molecule has 44 heavy (non-hydrogen) atoms. The van der Waals surface area contributed by atoms with E-state index < -0.39 is 40.2 Å². The first-order chi connectivity index (χ1) is 21.1. The Labute approximate surface area is 267 Å². The Morgan fingerprint density at radius 1 is 0.864 bits per heavy atom.